The molecule has 0 aromatic rings. The summed E-state index contributed by atoms with van der Waals surface area (Å²) in [7, 11) is 0. The van der Waals surface area contributed by atoms with Gasteiger partial charge in [0.25, 0.3) is 0 Å². The van der Waals surface area contributed by atoms with E-state index in [0.717, 1.165) is 50.5 Å². The highest BCUT2D eigenvalue weighted by Crippen LogP contribution is 2.65. The first kappa shape index (κ1) is 13.7. The van der Waals surface area contributed by atoms with E-state index >= 15 is 0 Å². The van der Waals surface area contributed by atoms with E-state index in [9.17, 15) is 15.8 Å². The van der Waals surface area contributed by atoms with Crippen LogP contribution in [-0.2, 0) is 0 Å². The van der Waals surface area contributed by atoms with Gasteiger partial charge in [-0.2, -0.15) is 15.8 Å². The second kappa shape index (κ2) is 4.64. The predicted octanol–water partition coefficient (Wildman–Crippen LogP) is 3.06. The normalized spacial score (nSPS) is 29.0. The van der Waals surface area contributed by atoms with Crippen LogP contribution in [0.2, 0.25) is 0 Å². The molecule has 4 nitrogen and oxygen atoms in total. The van der Waals surface area contributed by atoms with Crippen molar-refractivity contribution in [1.29, 1.82) is 15.8 Å². The van der Waals surface area contributed by atoms with E-state index < -0.39 is 10.8 Å². The number of nitrogens with zero attached hydrogens (tertiary/aromatic N) is 3. The molecule has 0 saturated heterocycles. The summed E-state index contributed by atoms with van der Waals surface area (Å²) in [4.78, 5) is 0. The molecule has 0 aromatic carbocycles. The van der Waals surface area contributed by atoms with E-state index in [0.29, 0.717) is 5.57 Å². The van der Waals surface area contributed by atoms with Crippen molar-refractivity contribution in [1.82, 2.24) is 0 Å². The SMILES string of the molecule is N#CC1=C(N)C(C#N)(C#N)C2(CCCC2)[C@@H]2CCCC=C12. The number of nitriles is 3. The lowest BCUT2D eigenvalue weighted by Gasteiger charge is -2.51. The summed E-state index contributed by atoms with van der Waals surface area (Å²) in [6.45, 7) is 0. The minimum atomic E-state index is -1.34. The van der Waals surface area contributed by atoms with Gasteiger partial charge in [-0.1, -0.05) is 18.9 Å². The van der Waals surface area contributed by atoms with Crippen LogP contribution < -0.4 is 5.73 Å². The Morgan fingerprint density at radius 3 is 2.33 bits per heavy atom. The molecule has 3 rings (SSSR count). The van der Waals surface area contributed by atoms with Crippen LogP contribution in [0.3, 0.4) is 0 Å². The van der Waals surface area contributed by atoms with Gasteiger partial charge in [0.1, 0.15) is 6.07 Å². The number of hydrogen-bond acceptors (Lipinski definition) is 4. The van der Waals surface area contributed by atoms with Crippen LogP contribution in [-0.4, -0.2) is 0 Å². The lowest BCUT2D eigenvalue weighted by Crippen LogP contribution is -2.52. The lowest BCUT2D eigenvalue weighted by atomic mass is 9.48. The van der Waals surface area contributed by atoms with Crippen molar-refractivity contribution in [3.05, 3.63) is 22.9 Å². The molecule has 0 heterocycles. The van der Waals surface area contributed by atoms with E-state index in [4.69, 9.17) is 5.73 Å². The minimum absolute atomic E-state index is 0.134. The van der Waals surface area contributed by atoms with E-state index in [2.05, 4.69) is 24.3 Å². The molecular weight excluding hydrogens is 260 g/mol. The van der Waals surface area contributed by atoms with Crippen LogP contribution in [0.4, 0.5) is 0 Å². The third-order valence-corrected chi connectivity index (χ3v) is 5.76. The number of fused-ring (bicyclic) bond motifs is 2. The van der Waals surface area contributed by atoms with Gasteiger partial charge in [0.05, 0.1) is 23.4 Å². The zero-order chi connectivity index (χ0) is 15.1. The van der Waals surface area contributed by atoms with E-state index in [-0.39, 0.29) is 11.6 Å². The summed E-state index contributed by atoms with van der Waals surface area (Å²) in [5.41, 5.74) is 6.08. The van der Waals surface area contributed by atoms with Crippen molar-refractivity contribution >= 4 is 0 Å². The molecule has 1 fully saturated rings. The van der Waals surface area contributed by atoms with Gasteiger partial charge < -0.3 is 5.73 Å². The molecule has 0 unspecified atom stereocenters. The highest BCUT2D eigenvalue weighted by atomic mass is 14.8. The van der Waals surface area contributed by atoms with Gasteiger partial charge in [0.2, 0.25) is 0 Å². The van der Waals surface area contributed by atoms with Crippen molar-refractivity contribution in [3.8, 4) is 18.2 Å². The molecule has 0 aromatic heterocycles. The number of nitrogens with two attached hydrogens (primary N) is 1. The second-order valence-electron chi connectivity index (χ2n) is 6.38. The molecule has 1 atom stereocenters. The van der Waals surface area contributed by atoms with Crippen LogP contribution in [0, 0.1) is 50.7 Å². The Labute approximate surface area is 125 Å². The van der Waals surface area contributed by atoms with Gasteiger partial charge in [-0.15, -0.1) is 0 Å². The number of rotatable bonds is 0. The molecule has 0 amide bonds. The third-order valence-electron chi connectivity index (χ3n) is 5.76. The van der Waals surface area contributed by atoms with Gasteiger partial charge >= 0.3 is 0 Å². The monoisotopic (exact) mass is 278 g/mol. The molecule has 0 bridgehead atoms. The topological polar surface area (TPSA) is 97.4 Å². The van der Waals surface area contributed by atoms with Gasteiger partial charge in [0.15, 0.2) is 5.41 Å². The van der Waals surface area contributed by atoms with Gasteiger partial charge in [-0.3, -0.25) is 0 Å². The Bertz CT molecular complexity index is 642. The molecular formula is C17H18N4. The largest absolute Gasteiger partial charge is 0.399 e. The molecule has 106 valence electrons. The molecule has 2 N–H and O–H groups in total. The number of allylic oxidation sites excluding steroid dienone is 4. The van der Waals surface area contributed by atoms with Gasteiger partial charge in [-0.25, -0.2) is 0 Å². The highest BCUT2D eigenvalue weighted by Gasteiger charge is 2.63. The van der Waals surface area contributed by atoms with Crippen LogP contribution in [0.15, 0.2) is 22.9 Å². The van der Waals surface area contributed by atoms with Crippen LogP contribution in [0.1, 0.15) is 44.9 Å². The number of hydrogen-bond donors (Lipinski definition) is 1. The summed E-state index contributed by atoms with van der Waals surface area (Å²) in [6, 6.07) is 6.62. The fraction of sp³-hybridized carbons (Fsp3) is 0.588. The van der Waals surface area contributed by atoms with Crippen LogP contribution in [0.5, 0.6) is 0 Å². The smallest absolute Gasteiger partial charge is 0.190 e. The third kappa shape index (κ3) is 1.47. The quantitative estimate of drug-likeness (QED) is 0.736. The molecule has 1 spiro atoms. The lowest BCUT2D eigenvalue weighted by molar-refractivity contribution is 0.0861. The molecule has 0 aliphatic heterocycles. The minimum Gasteiger partial charge on any atom is -0.399 e. The summed E-state index contributed by atoms with van der Waals surface area (Å²) < 4.78 is 0. The Hall–Kier alpha value is -2.25. The van der Waals surface area contributed by atoms with E-state index in [1.54, 1.807) is 0 Å². The maximum Gasteiger partial charge on any atom is 0.190 e. The molecule has 4 heteroatoms. The van der Waals surface area contributed by atoms with Crippen LogP contribution >= 0.6 is 0 Å². The Morgan fingerprint density at radius 1 is 1.10 bits per heavy atom. The molecule has 0 radical (unpaired) electrons. The second-order valence-corrected chi connectivity index (χ2v) is 6.38. The summed E-state index contributed by atoms with van der Waals surface area (Å²) in [6.07, 6.45) is 8.85. The predicted molar refractivity (Wildman–Crippen MR) is 76.8 cm³/mol. The zero-order valence-corrected chi connectivity index (χ0v) is 12.0. The van der Waals surface area contributed by atoms with Crippen molar-refractivity contribution in [2.24, 2.45) is 22.5 Å². The van der Waals surface area contributed by atoms with E-state index in [1.165, 1.54) is 0 Å². The maximum absolute atomic E-state index is 9.83. The zero-order valence-electron chi connectivity index (χ0n) is 12.0. The average molecular weight is 278 g/mol. The first-order valence-corrected chi connectivity index (χ1v) is 7.60. The fourth-order valence-corrected chi connectivity index (χ4v) is 4.82. The van der Waals surface area contributed by atoms with Crippen molar-refractivity contribution in [2.45, 2.75) is 44.9 Å². The fourth-order valence-electron chi connectivity index (χ4n) is 4.82. The highest BCUT2D eigenvalue weighted by molar-refractivity contribution is 5.58. The Morgan fingerprint density at radius 2 is 1.76 bits per heavy atom. The standard InChI is InChI=1S/C17H18N4/c18-9-13-12-5-1-2-6-14(12)16(7-3-4-8-16)17(10-19,11-20)15(13)21/h5,14H,1-4,6-8,21H2/t14-/m1/s1. The van der Waals surface area contributed by atoms with Crippen molar-refractivity contribution in [3.63, 3.8) is 0 Å². The summed E-state index contributed by atoms with van der Waals surface area (Å²) >= 11 is 0. The van der Waals surface area contributed by atoms with Crippen LogP contribution in [0.25, 0.3) is 0 Å². The first-order valence-electron chi connectivity index (χ1n) is 7.60. The molecule has 3 aliphatic carbocycles. The van der Waals surface area contributed by atoms with Crippen molar-refractivity contribution in [2.75, 3.05) is 0 Å². The van der Waals surface area contributed by atoms with Crippen molar-refractivity contribution < 1.29 is 0 Å². The Kier molecular flexibility index (Phi) is 3.03. The summed E-state index contributed by atoms with van der Waals surface area (Å²) in [5, 5.41) is 29.2. The molecule has 21 heavy (non-hydrogen) atoms. The van der Waals surface area contributed by atoms with Gasteiger partial charge in [0, 0.05) is 5.41 Å². The average Bonchev–Trinajstić information content (AvgIpc) is 3.00. The molecule has 1 saturated carbocycles. The maximum atomic E-state index is 9.83. The Balaban J connectivity index is 2.35. The molecule has 3 aliphatic rings. The van der Waals surface area contributed by atoms with Gasteiger partial charge in [-0.05, 0) is 43.6 Å². The first-order chi connectivity index (χ1) is 10.2. The summed E-state index contributed by atoms with van der Waals surface area (Å²) in [5.74, 6) is 0.134. The van der Waals surface area contributed by atoms with E-state index in [1.807, 2.05) is 0 Å².